The summed E-state index contributed by atoms with van der Waals surface area (Å²) in [6.45, 7) is 0.226. The monoisotopic (exact) mass is 348 g/mol. The van der Waals surface area contributed by atoms with Gasteiger partial charge in [0.15, 0.2) is 0 Å². The first-order valence-electron chi connectivity index (χ1n) is 6.81. The Bertz CT molecular complexity index is 907. The smallest absolute Gasteiger partial charge is 0.267 e. The van der Waals surface area contributed by atoms with Crippen LogP contribution in [-0.4, -0.2) is 9.78 Å². The Hall–Kier alpha value is -2.17. The Kier molecular flexibility index (Phi) is 4.46. The van der Waals surface area contributed by atoms with Gasteiger partial charge in [0.2, 0.25) is 0 Å². The molecule has 23 heavy (non-hydrogen) atoms. The largest absolute Gasteiger partial charge is 0.268 e. The van der Waals surface area contributed by atoms with Crippen LogP contribution in [-0.2, 0) is 6.54 Å². The standard InChI is InChI=1S/C17H11Cl2FN2O/c18-13-4-1-12(15(19)9-13)10-22-17(23)8-7-16(21-22)11-2-5-14(20)6-3-11/h1-9H,10H2. The van der Waals surface area contributed by atoms with Crippen molar-refractivity contribution in [3.63, 3.8) is 0 Å². The predicted octanol–water partition coefficient (Wildman–Crippen LogP) is 4.40. The molecule has 0 spiro atoms. The van der Waals surface area contributed by atoms with Gasteiger partial charge in [0, 0.05) is 21.7 Å². The summed E-state index contributed by atoms with van der Waals surface area (Å²) in [5.41, 5.74) is 1.79. The number of aromatic nitrogens is 2. The van der Waals surface area contributed by atoms with Crippen LogP contribution in [0.25, 0.3) is 11.3 Å². The number of halogens is 3. The van der Waals surface area contributed by atoms with Crippen LogP contribution < -0.4 is 5.56 Å². The third kappa shape index (κ3) is 3.60. The summed E-state index contributed by atoms with van der Waals surface area (Å²) in [5.74, 6) is -0.324. The molecular weight excluding hydrogens is 338 g/mol. The molecule has 116 valence electrons. The molecular formula is C17H11Cl2FN2O. The first-order valence-corrected chi connectivity index (χ1v) is 7.56. The van der Waals surface area contributed by atoms with Crippen LogP contribution in [0, 0.1) is 5.82 Å². The minimum Gasteiger partial charge on any atom is -0.268 e. The fraction of sp³-hybridized carbons (Fsp3) is 0.0588. The fourth-order valence-electron chi connectivity index (χ4n) is 2.15. The molecule has 2 aromatic carbocycles. The topological polar surface area (TPSA) is 34.9 Å². The number of nitrogens with zero attached hydrogens (tertiary/aromatic N) is 2. The van der Waals surface area contributed by atoms with Crippen LogP contribution in [0.1, 0.15) is 5.56 Å². The van der Waals surface area contributed by atoms with Crippen molar-refractivity contribution < 1.29 is 4.39 Å². The number of benzene rings is 2. The summed E-state index contributed by atoms with van der Waals surface area (Å²) in [5, 5.41) is 5.32. The van der Waals surface area contributed by atoms with Gasteiger partial charge in [-0.1, -0.05) is 29.3 Å². The summed E-state index contributed by atoms with van der Waals surface area (Å²) in [4.78, 5) is 12.0. The van der Waals surface area contributed by atoms with Gasteiger partial charge in [-0.3, -0.25) is 4.79 Å². The summed E-state index contributed by atoms with van der Waals surface area (Å²) in [6, 6.07) is 14.0. The van der Waals surface area contributed by atoms with Crippen molar-refractivity contribution in [2.75, 3.05) is 0 Å². The molecule has 0 atom stereocenters. The third-order valence-electron chi connectivity index (χ3n) is 3.34. The Morgan fingerprint density at radius 2 is 1.74 bits per heavy atom. The zero-order valence-corrected chi connectivity index (χ0v) is 13.4. The molecule has 0 fully saturated rings. The molecule has 0 amide bonds. The molecule has 3 aromatic rings. The number of hydrogen-bond donors (Lipinski definition) is 0. The first kappa shape index (κ1) is 15.7. The third-order valence-corrected chi connectivity index (χ3v) is 3.93. The predicted molar refractivity (Wildman–Crippen MR) is 89.5 cm³/mol. The molecule has 3 nitrogen and oxygen atoms in total. The average Bonchev–Trinajstić information content (AvgIpc) is 2.53. The molecule has 3 rings (SSSR count). The van der Waals surface area contributed by atoms with Crippen LogP contribution in [0.2, 0.25) is 10.0 Å². The second kappa shape index (κ2) is 6.52. The van der Waals surface area contributed by atoms with Gasteiger partial charge in [0.1, 0.15) is 5.82 Å². The molecule has 0 radical (unpaired) electrons. The summed E-state index contributed by atoms with van der Waals surface area (Å²) in [7, 11) is 0. The van der Waals surface area contributed by atoms with Gasteiger partial charge in [-0.2, -0.15) is 5.10 Å². The minimum absolute atomic E-state index is 0.226. The number of rotatable bonds is 3. The Morgan fingerprint density at radius 3 is 2.43 bits per heavy atom. The Labute approximate surface area is 141 Å². The van der Waals surface area contributed by atoms with E-state index >= 15 is 0 Å². The van der Waals surface area contributed by atoms with Crippen molar-refractivity contribution >= 4 is 23.2 Å². The van der Waals surface area contributed by atoms with E-state index in [0.29, 0.717) is 15.7 Å². The summed E-state index contributed by atoms with van der Waals surface area (Å²) < 4.78 is 14.3. The van der Waals surface area contributed by atoms with Gasteiger partial charge in [-0.25, -0.2) is 9.07 Å². The van der Waals surface area contributed by atoms with Crippen molar-refractivity contribution in [1.82, 2.24) is 9.78 Å². The van der Waals surface area contributed by atoms with Gasteiger partial charge < -0.3 is 0 Å². The molecule has 0 unspecified atom stereocenters. The van der Waals surface area contributed by atoms with E-state index in [1.807, 2.05) is 0 Å². The highest BCUT2D eigenvalue weighted by molar-refractivity contribution is 6.35. The fourth-order valence-corrected chi connectivity index (χ4v) is 2.62. The second-order valence-electron chi connectivity index (χ2n) is 4.96. The zero-order chi connectivity index (χ0) is 16.4. The van der Waals surface area contributed by atoms with Crippen molar-refractivity contribution in [2.24, 2.45) is 0 Å². The van der Waals surface area contributed by atoms with Crippen LogP contribution >= 0.6 is 23.2 Å². The van der Waals surface area contributed by atoms with E-state index in [1.54, 1.807) is 36.4 Å². The highest BCUT2D eigenvalue weighted by Crippen LogP contribution is 2.22. The van der Waals surface area contributed by atoms with E-state index in [0.717, 1.165) is 11.1 Å². The highest BCUT2D eigenvalue weighted by atomic mass is 35.5. The van der Waals surface area contributed by atoms with E-state index in [9.17, 15) is 9.18 Å². The Morgan fingerprint density at radius 1 is 1.00 bits per heavy atom. The van der Waals surface area contributed by atoms with E-state index in [2.05, 4.69) is 5.10 Å². The van der Waals surface area contributed by atoms with E-state index in [4.69, 9.17) is 23.2 Å². The maximum atomic E-state index is 13.0. The molecule has 1 heterocycles. The van der Waals surface area contributed by atoms with E-state index in [1.165, 1.54) is 22.9 Å². The van der Waals surface area contributed by atoms with Gasteiger partial charge in [-0.15, -0.1) is 0 Å². The molecule has 0 bridgehead atoms. The van der Waals surface area contributed by atoms with Crippen molar-refractivity contribution in [3.8, 4) is 11.3 Å². The number of hydrogen-bond acceptors (Lipinski definition) is 2. The van der Waals surface area contributed by atoms with Crippen LogP contribution in [0.3, 0.4) is 0 Å². The lowest BCUT2D eigenvalue weighted by molar-refractivity contribution is 0.627. The van der Waals surface area contributed by atoms with Gasteiger partial charge in [0.05, 0.1) is 12.2 Å². The Balaban J connectivity index is 1.97. The van der Waals surface area contributed by atoms with Crippen LogP contribution in [0.5, 0.6) is 0 Å². The van der Waals surface area contributed by atoms with Crippen molar-refractivity contribution in [1.29, 1.82) is 0 Å². The highest BCUT2D eigenvalue weighted by Gasteiger charge is 2.07. The molecule has 1 aromatic heterocycles. The quantitative estimate of drug-likeness (QED) is 0.702. The van der Waals surface area contributed by atoms with Gasteiger partial charge in [-0.05, 0) is 48.0 Å². The molecule has 6 heteroatoms. The normalized spacial score (nSPS) is 10.7. The van der Waals surface area contributed by atoms with Gasteiger partial charge >= 0.3 is 0 Å². The molecule has 0 aliphatic carbocycles. The molecule has 0 N–H and O–H groups in total. The van der Waals surface area contributed by atoms with Crippen LogP contribution in [0.15, 0.2) is 59.4 Å². The molecule has 0 aliphatic rings. The molecule has 0 aliphatic heterocycles. The van der Waals surface area contributed by atoms with Gasteiger partial charge in [0.25, 0.3) is 5.56 Å². The maximum absolute atomic E-state index is 13.0. The zero-order valence-electron chi connectivity index (χ0n) is 11.8. The lowest BCUT2D eigenvalue weighted by Gasteiger charge is -2.09. The van der Waals surface area contributed by atoms with E-state index < -0.39 is 0 Å². The summed E-state index contributed by atoms with van der Waals surface area (Å²) in [6.07, 6.45) is 0. The van der Waals surface area contributed by atoms with Crippen molar-refractivity contribution in [3.05, 3.63) is 86.4 Å². The van der Waals surface area contributed by atoms with Crippen LogP contribution in [0.4, 0.5) is 4.39 Å². The second-order valence-corrected chi connectivity index (χ2v) is 5.80. The first-order chi connectivity index (χ1) is 11.0. The summed E-state index contributed by atoms with van der Waals surface area (Å²) >= 11 is 12.0. The average molecular weight is 349 g/mol. The lowest BCUT2D eigenvalue weighted by Crippen LogP contribution is -2.23. The maximum Gasteiger partial charge on any atom is 0.267 e. The lowest BCUT2D eigenvalue weighted by atomic mass is 10.1. The minimum atomic E-state index is -0.324. The van der Waals surface area contributed by atoms with Crippen molar-refractivity contribution in [2.45, 2.75) is 6.54 Å². The SMILES string of the molecule is O=c1ccc(-c2ccc(F)cc2)nn1Cc1ccc(Cl)cc1Cl. The van der Waals surface area contributed by atoms with E-state index in [-0.39, 0.29) is 17.9 Å². The molecule has 0 saturated heterocycles. The molecule has 0 saturated carbocycles.